The van der Waals surface area contributed by atoms with E-state index in [-0.39, 0.29) is 36.4 Å². The number of amides is 2. The Kier molecular flexibility index (Phi) is 8.73. The van der Waals surface area contributed by atoms with Crippen LogP contribution in [0.1, 0.15) is 66.8 Å². The SMILES string of the molecule is C=C(CN1CCCCC1)c1ccc2c(c1)CCC[C@H]2NC(=O)C[C@@H]1C(=O)NCCN1S(=O)(=O)c1ccc(C)cc1. The van der Waals surface area contributed by atoms with Crippen LogP contribution >= 0.6 is 0 Å². The van der Waals surface area contributed by atoms with E-state index >= 15 is 0 Å². The lowest BCUT2D eigenvalue weighted by Gasteiger charge is -2.34. The molecule has 2 N–H and O–H groups in total. The van der Waals surface area contributed by atoms with Gasteiger partial charge in [0.25, 0.3) is 0 Å². The summed E-state index contributed by atoms with van der Waals surface area (Å²) in [5.74, 6) is -0.777. The molecular weight excluding hydrogens is 524 g/mol. The summed E-state index contributed by atoms with van der Waals surface area (Å²) in [5, 5.41) is 5.83. The molecule has 0 radical (unpaired) electrons. The van der Waals surface area contributed by atoms with E-state index in [1.54, 1.807) is 24.3 Å². The topological polar surface area (TPSA) is 98.8 Å². The molecule has 0 spiro atoms. The Labute approximate surface area is 237 Å². The molecule has 5 rings (SSSR count). The first kappa shape index (κ1) is 28.5. The first-order valence-electron chi connectivity index (χ1n) is 14.4. The molecule has 3 aliphatic rings. The predicted octanol–water partition coefficient (Wildman–Crippen LogP) is 3.57. The summed E-state index contributed by atoms with van der Waals surface area (Å²) in [6, 6.07) is 11.7. The number of piperidine rings is 1. The van der Waals surface area contributed by atoms with Gasteiger partial charge in [-0.05, 0) is 86.5 Å². The first-order valence-corrected chi connectivity index (χ1v) is 15.9. The highest BCUT2D eigenvalue weighted by molar-refractivity contribution is 7.89. The molecule has 2 aromatic carbocycles. The second-order valence-electron chi connectivity index (χ2n) is 11.3. The number of piperazine rings is 1. The van der Waals surface area contributed by atoms with Gasteiger partial charge in [-0.3, -0.25) is 14.5 Å². The molecule has 2 aliphatic heterocycles. The summed E-state index contributed by atoms with van der Waals surface area (Å²) in [7, 11) is -3.93. The fraction of sp³-hybridized carbons (Fsp3) is 0.484. The van der Waals surface area contributed by atoms with Crippen molar-refractivity contribution < 1.29 is 18.0 Å². The Bertz CT molecular complexity index is 1370. The Balaban J connectivity index is 1.27. The Morgan fingerprint density at radius 1 is 1.05 bits per heavy atom. The second-order valence-corrected chi connectivity index (χ2v) is 13.2. The van der Waals surface area contributed by atoms with Crippen LogP contribution in [0.2, 0.25) is 0 Å². The first-order chi connectivity index (χ1) is 19.2. The number of nitrogens with zero attached hydrogens (tertiary/aromatic N) is 2. The third kappa shape index (κ3) is 6.32. The third-order valence-electron chi connectivity index (χ3n) is 8.35. The molecule has 0 saturated carbocycles. The van der Waals surface area contributed by atoms with Crippen LogP contribution in [0.25, 0.3) is 5.57 Å². The van der Waals surface area contributed by atoms with Gasteiger partial charge in [-0.2, -0.15) is 4.31 Å². The van der Waals surface area contributed by atoms with E-state index in [2.05, 4.69) is 40.3 Å². The van der Waals surface area contributed by atoms with Gasteiger partial charge in [0.05, 0.1) is 17.4 Å². The summed E-state index contributed by atoms with van der Waals surface area (Å²) in [5.41, 5.74) is 5.51. The van der Waals surface area contributed by atoms with E-state index in [1.165, 1.54) is 29.1 Å². The normalized spacial score (nSPS) is 22.3. The van der Waals surface area contributed by atoms with E-state index in [0.29, 0.717) is 0 Å². The number of hydrogen-bond donors (Lipinski definition) is 2. The number of likely N-dealkylation sites (tertiary alicyclic amines) is 1. The van der Waals surface area contributed by atoms with Gasteiger partial charge in [0.2, 0.25) is 21.8 Å². The van der Waals surface area contributed by atoms with Crippen LogP contribution in [0.15, 0.2) is 53.9 Å². The van der Waals surface area contributed by atoms with Crippen LogP contribution in [0.5, 0.6) is 0 Å². The molecule has 1 aliphatic carbocycles. The van der Waals surface area contributed by atoms with Crippen molar-refractivity contribution in [2.75, 3.05) is 32.7 Å². The van der Waals surface area contributed by atoms with Gasteiger partial charge < -0.3 is 10.6 Å². The van der Waals surface area contributed by atoms with Gasteiger partial charge in [0, 0.05) is 19.6 Å². The zero-order valence-electron chi connectivity index (χ0n) is 23.3. The van der Waals surface area contributed by atoms with Gasteiger partial charge in [0.1, 0.15) is 6.04 Å². The summed E-state index contributed by atoms with van der Waals surface area (Å²) in [6.07, 6.45) is 6.26. The molecule has 8 nitrogen and oxygen atoms in total. The van der Waals surface area contributed by atoms with Gasteiger partial charge in [-0.1, -0.05) is 48.9 Å². The van der Waals surface area contributed by atoms with Gasteiger partial charge in [0.15, 0.2) is 0 Å². The fourth-order valence-electron chi connectivity index (χ4n) is 6.11. The second kappa shape index (κ2) is 12.2. The van der Waals surface area contributed by atoms with E-state index in [4.69, 9.17) is 0 Å². The average molecular weight is 565 g/mol. The van der Waals surface area contributed by atoms with Crippen LogP contribution in [0.3, 0.4) is 0 Å². The molecule has 214 valence electrons. The number of aryl methyl sites for hydroxylation is 2. The van der Waals surface area contributed by atoms with Crippen molar-refractivity contribution >= 4 is 27.4 Å². The molecule has 2 atom stereocenters. The monoisotopic (exact) mass is 564 g/mol. The number of fused-ring (bicyclic) bond motifs is 1. The Morgan fingerprint density at radius 2 is 1.80 bits per heavy atom. The number of nitrogens with one attached hydrogen (secondary N) is 2. The zero-order chi connectivity index (χ0) is 28.3. The molecule has 0 aromatic heterocycles. The largest absolute Gasteiger partial charge is 0.353 e. The van der Waals surface area contributed by atoms with Crippen LogP contribution in [-0.4, -0.2) is 68.2 Å². The molecule has 2 aromatic rings. The van der Waals surface area contributed by atoms with Gasteiger partial charge in [-0.15, -0.1) is 0 Å². The van der Waals surface area contributed by atoms with E-state index in [0.717, 1.165) is 61.2 Å². The molecule has 0 bridgehead atoms. The standard InChI is InChI=1S/C31H40N4O4S/c1-22-9-12-26(13-10-22)40(38,39)35-18-15-32-31(37)29(35)20-30(36)33-28-8-6-7-25-19-24(11-14-27(25)28)23(2)21-34-16-4-3-5-17-34/h9-14,19,28-29H,2-8,15-18,20-21H2,1H3,(H,32,37)(H,33,36)/t28-,29-/m1/s1. The van der Waals surface area contributed by atoms with Crippen molar-refractivity contribution in [1.29, 1.82) is 0 Å². The summed E-state index contributed by atoms with van der Waals surface area (Å²) in [6.45, 7) is 9.70. The molecule has 2 fully saturated rings. The van der Waals surface area contributed by atoms with Crippen LogP contribution in [0, 0.1) is 6.92 Å². The highest BCUT2D eigenvalue weighted by Crippen LogP contribution is 2.32. The van der Waals surface area contributed by atoms with Crippen molar-refractivity contribution in [2.45, 2.75) is 68.8 Å². The molecule has 2 amide bonds. The van der Waals surface area contributed by atoms with Crippen molar-refractivity contribution in [1.82, 2.24) is 19.8 Å². The summed E-state index contributed by atoms with van der Waals surface area (Å²) >= 11 is 0. The number of sulfonamides is 1. The maximum absolute atomic E-state index is 13.4. The maximum Gasteiger partial charge on any atom is 0.243 e. The van der Waals surface area contributed by atoms with Crippen molar-refractivity contribution in [2.24, 2.45) is 0 Å². The number of carbonyl (C=O) groups is 2. The Morgan fingerprint density at radius 3 is 2.55 bits per heavy atom. The lowest BCUT2D eigenvalue weighted by atomic mass is 9.85. The predicted molar refractivity (Wildman–Crippen MR) is 156 cm³/mol. The van der Waals surface area contributed by atoms with E-state index < -0.39 is 22.0 Å². The number of benzene rings is 2. The minimum atomic E-state index is -3.93. The molecule has 2 heterocycles. The number of hydrogen-bond acceptors (Lipinski definition) is 5. The lowest BCUT2D eigenvalue weighted by molar-refractivity contribution is -0.132. The molecule has 9 heteroatoms. The third-order valence-corrected chi connectivity index (χ3v) is 10.3. The summed E-state index contributed by atoms with van der Waals surface area (Å²) < 4.78 is 28.0. The minimum absolute atomic E-state index is 0.121. The molecule has 0 unspecified atom stereocenters. The fourth-order valence-corrected chi connectivity index (χ4v) is 7.70. The molecule has 2 saturated heterocycles. The average Bonchev–Trinajstić information content (AvgIpc) is 2.94. The number of rotatable bonds is 8. The highest BCUT2D eigenvalue weighted by atomic mass is 32.2. The van der Waals surface area contributed by atoms with Crippen LogP contribution < -0.4 is 10.6 Å². The highest BCUT2D eigenvalue weighted by Gasteiger charge is 2.40. The van der Waals surface area contributed by atoms with Crippen LogP contribution in [-0.2, 0) is 26.0 Å². The number of carbonyl (C=O) groups excluding carboxylic acids is 2. The van der Waals surface area contributed by atoms with E-state index in [1.807, 2.05) is 6.92 Å². The van der Waals surface area contributed by atoms with Crippen molar-refractivity contribution in [3.63, 3.8) is 0 Å². The van der Waals surface area contributed by atoms with Gasteiger partial charge >= 0.3 is 0 Å². The van der Waals surface area contributed by atoms with Crippen molar-refractivity contribution in [3.05, 3.63) is 71.3 Å². The van der Waals surface area contributed by atoms with E-state index in [9.17, 15) is 18.0 Å². The van der Waals surface area contributed by atoms with Crippen molar-refractivity contribution in [3.8, 4) is 0 Å². The Hall–Kier alpha value is -3.01. The quantitative estimate of drug-likeness (QED) is 0.511. The minimum Gasteiger partial charge on any atom is -0.353 e. The smallest absolute Gasteiger partial charge is 0.243 e. The zero-order valence-corrected chi connectivity index (χ0v) is 24.1. The lowest BCUT2D eigenvalue weighted by Crippen LogP contribution is -2.58. The maximum atomic E-state index is 13.4. The molecule has 40 heavy (non-hydrogen) atoms. The van der Waals surface area contributed by atoms with Gasteiger partial charge in [-0.25, -0.2) is 8.42 Å². The van der Waals surface area contributed by atoms with Crippen LogP contribution in [0.4, 0.5) is 0 Å². The summed E-state index contributed by atoms with van der Waals surface area (Å²) in [4.78, 5) is 28.6. The molecular formula is C31H40N4O4S.